The van der Waals surface area contributed by atoms with Crippen molar-refractivity contribution in [3.63, 3.8) is 0 Å². The zero-order chi connectivity index (χ0) is 20.8. The fraction of sp³-hybridized carbons (Fsp3) is 0.136. The Hall–Kier alpha value is -3.91. The van der Waals surface area contributed by atoms with Gasteiger partial charge in [0.25, 0.3) is 0 Å². The van der Waals surface area contributed by atoms with Crippen LogP contribution in [-0.4, -0.2) is 34.9 Å². The van der Waals surface area contributed by atoms with Crippen LogP contribution in [0, 0.1) is 0 Å². The van der Waals surface area contributed by atoms with Crippen LogP contribution in [0.25, 0.3) is 10.9 Å². The lowest BCUT2D eigenvalue weighted by atomic mass is 10.1. The third kappa shape index (κ3) is 4.56. The minimum absolute atomic E-state index is 0.270. The van der Waals surface area contributed by atoms with Crippen LogP contribution in [-0.2, 0) is 4.74 Å². The molecule has 0 fully saturated rings. The molecule has 152 valence electrons. The molecule has 8 nitrogen and oxygen atoms in total. The maximum atomic E-state index is 12.5. The second-order valence-electron chi connectivity index (χ2n) is 6.70. The number of pyridine rings is 1. The lowest BCUT2D eigenvalue weighted by molar-refractivity contribution is 0.168. The normalized spacial score (nSPS) is 11.8. The molecule has 2 aromatic carbocycles. The highest BCUT2D eigenvalue weighted by Gasteiger charge is 2.15. The van der Waals surface area contributed by atoms with Gasteiger partial charge in [-0.25, -0.2) is 9.78 Å². The monoisotopic (exact) mass is 402 g/mol. The number of H-pyrrole nitrogens is 1. The van der Waals surface area contributed by atoms with Gasteiger partial charge in [-0.15, -0.1) is 0 Å². The Morgan fingerprint density at radius 3 is 2.57 bits per heavy atom. The summed E-state index contributed by atoms with van der Waals surface area (Å²) in [5.74, 6) is 1.09. The van der Waals surface area contributed by atoms with E-state index in [1.165, 1.54) is 0 Å². The van der Waals surface area contributed by atoms with Crippen molar-refractivity contribution >= 4 is 34.3 Å². The van der Waals surface area contributed by atoms with Crippen LogP contribution < -0.4 is 16.0 Å². The molecule has 0 saturated carbocycles. The van der Waals surface area contributed by atoms with E-state index in [9.17, 15) is 4.79 Å². The number of methoxy groups -OCH3 is 1. The molecule has 1 atom stereocenters. The number of nitrogens with one attached hydrogen (secondary N) is 4. The first-order valence-corrected chi connectivity index (χ1v) is 9.50. The smallest absolute Gasteiger partial charge is 0.320 e. The number of aromatic nitrogens is 3. The molecule has 0 bridgehead atoms. The maximum Gasteiger partial charge on any atom is 0.320 e. The molecular formula is C22H22N6O2. The predicted octanol–water partition coefficient (Wildman–Crippen LogP) is 4.21. The fourth-order valence-electron chi connectivity index (χ4n) is 3.12. The molecule has 4 N–H and O–H groups in total. The summed E-state index contributed by atoms with van der Waals surface area (Å²) in [5.41, 5.74) is 2.65. The second kappa shape index (κ2) is 9.06. The molecular weight excluding hydrogens is 380 g/mol. The molecule has 2 heterocycles. The number of benzene rings is 2. The number of nitrogens with zero attached hydrogens (tertiary/aromatic N) is 2. The van der Waals surface area contributed by atoms with E-state index in [1.807, 2.05) is 60.7 Å². The Balaban J connectivity index is 1.45. The number of para-hydroxylation sites is 1. The molecule has 0 radical (unpaired) electrons. The zero-order valence-electron chi connectivity index (χ0n) is 16.4. The van der Waals surface area contributed by atoms with Crippen LogP contribution in [0.2, 0.25) is 0 Å². The quantitative estimate of drug-likeness (QED) is 0.371. The van der Waals surface area contributed by atoms with Gasteiger partial charge < -0.3 is 15.4 Å². The van der Waals surface area contributed by atoms with Gasteiger partial charge >= 0.3 is 6.03 Å². The van der Waals surface area contributed by atoms with Crippen molar-refractivity contribution < 1.29 is 9.53 Å². The Bertz CT molecular complexity index is 1110. The average Bonchev–Trinajstić information content (AvgIpc) is 3.16. The van der Waals surface area contributed by atoms with Crippen LogP contribution in [0.3, 0.4) is 0 Å². The first kappa shape index (κ1) is 19.4. The number of carbonyl (C=O) groups is 1. The highest BCUT2D eigenvalue weighted by atomic mass is 16.5. The highest BCUT2D eigenvalue weighted by Crippen LogP contribution is 2.24. The summed E-state index contributed by atoms with van der Waals surface area (Å²) in [4.78, 5) is 16.8. The van der Waals surface area contributed by atoms with E-state index < -0.39 is 0 Å². The van der Waals surface area contributed by atoms with E-state index in [-0.39, 0.29) is 12.1 Å². The lowest BCUT2D eigenvalue weighted by Gasteiger charge is -2.18. The standard InChI is InChI=1S/C22H22N6O2/c1-30-14-19(15-8-4-2-5-9-15)25-22(29)26-20-12-18-17(13-23-20)21(28-27-18)24-16-10-6-3-7-11-16/h2-13,19H,14H2,1H3,(H2,24,27,28)(H2,23,25,26,29)/t19-/m1/s1. The first-order valence-electron chi connectivity index (χ1n) is 9.50. The van der Waals surface area contributed by atoms with Crippen molar-refractivity contribution in [2.45, 2.75) is 6.04 Å². The molecule has 0 aliphatic heterocycles. The van der Waals surface area contributed by atoms with E-state index in [2.05, 4.69) is 31.1 Å². The molecule has 4 aromatic rings. The number of rotatable bonds is 7. The minimum Gasteiger partial charge on any atom is -0.382 e. The van der Waals surface area contributed by atoms with Gasteiger partial charge in [-0.2, -0.15) is 5.10 Å². The van der Waals surface area contributed by atoms with Gasteiger partial charge in [0.05, 0.1) is 23.6 Å². The van der Waals surface area contributed by atoms with Crippen molar-refractivity contribution in [3.05, 3.63) is 78.5 Å². The van der Waals surface area contributed by atoms with Crippen LogP contribution >= 0.6 is 0 Å². The van der Waals surface area contributed by atoms with Gasteiger partial charge in [-0.1, -0.05) is 48.5 Å². The maximum absolute atomic E-state index is 12.5. The number of ether oxygens (including phenoxy) is 1. The molecule has 0 spiro atoms. The summed E-state index contributed by atoms with van der Waals surface area (Å²) in [5, 5.41) is 17.0. The number of anilines is 3. The molecule has 8 heteroatoms. The predicted molar refractivity (Wildman–Crippen MR) is 117 cm³/mol. The first-order chi connectivity index (χ1) is 14.7. The van der Waals surface area contributed by atoms with Crippen molar-refractivity contribution in [1.82, 2.24) is 20.5 Å². The van der Waals surface area contributed by atoms with Crippen LogP contribution in [0.4, 0.5) is 22.1 Å². The Labute approximate surface area is 173 Å². The SMILES string of the molecule is COC[C@@H](NC(=O)Nc1cc2[nH]nc(Nc3ccccc3)c2cn1)c1ccccc1. The van der Waals surface area contributed by atoms with Crippen molar-refractivity contribution in [2.75, 3.05) is 24.4 Å². The number of aromatic amines is 1. The van der Waals surface area contributed by atoms with Gasteiger partial charge in [-0.05, 0) is 17.7 Å². The Morgan fingerprint density at radius 1 is 1.10 bits per heavy atom. The Kier molecular flexibility index (Phi) is 5.86. The fourth-order valence-corrected chi connectivity index (χ4v) is 3.12. The van der Waals surface area contributed by atoms with Crippen molar-refractivity contribution in [2.24, 2.45) is 0 Å². The summed E-state index contributed by atoms with van der Waals surface area (Å²) < 4.78 is 5.24. The minimum atomic E-state index is -0.366. The molecule has 0 saturated heterocycles. The summed E-state index contributed by atoms with van der Waals surface area (Å²) in [6.07, 6.45) is 1.67. The Morgan fingerprint density at radius 2 is 1.83 bits per heavy atom. The third-order valence-corrected chi connectivity index (χ3v) is 4.57. The van der Waals surface area contributed by atoms with Crippen LogP contribution in [0.1, 0.15) is 11.6 Å². The molecule has 2 aromatic heterocycles. The molecule has 0 aliphatic rings. The zero-order valence-corrected chi connectivity index (χ0v) is 16.4. The van der Waals surface area contributed by atoms with E-state index in [4.69, 9.17) is 4.74 Å². The lowest BCUT2D eigenvalue weighted by Crippen LogP contribution is -2.35. The molecule has 4 rings (SSSR count). The summed E-state index contributed by atoms with van der Waals surface area (Å²) in [6, 6.07) is 20.5. The van der Waals surface area contributed by atoms with Crippen molar-refractivity contribution in [3.8, 4) is 0 Å². The number of carbonyl (C=O) groups excluding carboxylic acids is 1. The largest absolute Gasteiger partial charge is 0.382 e. The number of urea groups is 1. The van der Waals surface area contributed by atoms with E-state index in [0.29, 0.717) is 18.2 Å². The van der Waals surface area contributed by atoms with Gasteiger partial charge in [0.1, 0.15) is 5.82 Å². The van der Waals surface area contributed by atoms with Gasteiger partial charge in [0.2, 0.25) is 0 Å². The summed E-state index contributed by atoms with van der Waals surface area (Å²) in [6.45, 7) is 0.360. The molecule has 0 aliphatic carbocycles. The molecule has 30 heavy (non-hydrogen) atoms. The van der Waals surface area contributed by atoms with Crippen LogP contribution in [0.5, 0.6) is 0 Å². The number of hydrogen-bond acceptors (Lipinski definition) is 5. The van der Waals surface area contributed by atoms with Gasteiger partial charge in [0, 0.05) is 25.1 Å². The molecule has 0 unspecified atom stereocenters. The second-order valence-corrected chi connectivity index (χ2v) is 6.70. The number of amides is 2. The average molecular weight is 402 g/mol. The summed E-state index contributed by atoms with van der Waals surface area (Å²) >= 11 is 0. The third-order valence-electron chi connectivity index (χ3n) is 4.57. The number of fused-ring (bicyclic) bond motifs is 1. The van der Waals surface area contributed by atoms with Crippen LogP contribution in [0.15, 0.2) is 72.9 Å². The van der Waals surface area contributed by atoms with E-state index in [0.717, 1.165) is 22.2 Å². The molecule has 2 amide bonds. The van der Waals surface area contributed by atoms with Crippen molar-refractivity contribution in [1.29, 1.82) is 0 Å². The highest BCUT2D eigenvalue weighted by molar-refractivity contribution is 5.95. The van der Waals surface area contributed by atoms with Gasteiger partial charge in [-0.3, -0.25) is 10.4 Å². The van der Waals surface area contributed by atoms with Gasteiger partial charge in [0.15, 0.2) is 5.82 Å². The summed E-state index contributed by atoms with van der Waals surface area (Å²) in [7, 11) is 1.60. The number of hydrogen-bond donors (Lipinski definition) is 4. The van der Waals surface area contributed by atoms with E-state index in [1.54, 1.807) is 19.4 Å². The van der Waals surface area contributed by atoms with E-state index >= 15 is 0 Å². The topological polar surface area (TPSA) is 104 Å².